The first-order valence-electron chi connectivity index (χ1n) is 9.44. The average Bonchev–Trinajstić information content (AvgIpc) is 2.68. The molecule has 0 unspecified atom stereocenters. The smallest absolute Gasteiger partial charge is 0.274 e. The molecule has 1 aromatic heterocycles. The van der Waals surface area contributed by atoms with Crippen molar-refractivity contribution in [3.05, 3.63) is 53.3 Å². The van der Waals surface area contributed by atoms with Gasteiger partial charge in [0.05, 0.1) is 0 Å². The van der Waals surface area contributed by atoms with Gasteiger partial charge in [-0.15, -0.1) is 0 Å². The lowest BCUT2D eigenvalue weighted by molar-refractivity contribution is 0.102. The first-order chi connectivity index (χ1) is 12.6. The van der Waals surface area contributed by atoms with Crippen molar-refractivity contribution in [3.63, 3.8) is 0 Å². The van der Waals surface area contributed by atoms with Crippen LogP contribution in [0, 0.1) is 0 Å². The summed E-state index contributed by atoms with van der Waals surface area (Å²) < 4.78 is 0. The van der Waals surface area contributed by atoms with Gasteiger partial charge in [0.15, 0.2) is 0 Å². The van der Waals surface area contributed by atoms with E-state index in [1.807, 2.05) is 12.1 Å². The van der Waals surface area contributed by atoms with E-state index in [1.165, 1.54) is 0 Å². The van der Waals surface area contributed by atoms with Gasteiger partial charge < -0.3 is 15.1 Å². The number of carbonyl (C=O) groups is 1. The molecule has 26 heavy (non-hydrogen) atoms. The molecule has 1 aliphatic heterocycles. The van der Waals surface area contributed by atoms with Gasteiger partial charge in [-0.3, -0.25) is 9.78 Å². The van der Waals surface area contributed by atoms with E-state index < -0.39 is 0 Å². The number of amides is 1. The average molecular weight is 352 g/mol. The minimum absolute atomic E-state index is 0.142. The monoisotopic (exact) mass is 352 g/mol. The Morgan fingerprint density at radius 1 is 1.08 bits per heavy atom. The molecule has 5 heteroatoms. The third-order valence-electron chi connectivity index (χ3n) is 5.08. The first kappa shape index (κ1) is 18.4. The number of nitrogens with zero attached hydrogens (tertiary/aromatic N) is 3. The number of likely N-dealkylation sites (N-methyl/N-ethyl adjacent to an activating group) is 1. The molecule has 138 valence electrons. The van der Waals surface area contributed by atoms with Crippen LogP contribution in [-0.2, 0) is 12.8 Å². The van der Waals surface area contributed by atoms with Crippen LogP contribution in [0.25, 0.3) is 0 Å². The van der Waals surface area contributed by atoms with Gasteiger partial charge in [-0.05, 0) is 43.1 Å². The molecule has 0 spiro atoms. The Labute approximate surface area is 156 Å². The highest BCUT2D eigenvalue weighted by Crippen LogP contribution is 2.24. The fourth-order valence-corrected chi connectivity index (χ4v) is 3.39. The number of aryl methyl sites for hydroxylation is 2. The molecular weight excluding hydrogens is 324 g/mol. The van der Waals surface area contributed by atoms with Crippen LogP contribution in [0.1, 0.15) is 35.5 Å². The second kappa shape index (κ2) is 8.32. The highest BCUT2D eigenvalue weighted by atomic mass is 16.1. The summed E-state index contributed by atoms with van der Waals surface area (Å²) in [7, 11) is 2.14. The minimum atomic E-state index is -0.142. The van der Waals surface area contributed by atoms with Crippen molar-refractivity contribution in [2.24, 2.45) is 0 Å². The fourth-order valence-electron chi connectivity index (χ4n) is 3.39. The fraction of sp³-hybridized carbons (Fsp3) is 0.429. The second-order valence-corrected chi connectivity index (χ2v) is 6.80. The number of rotatable bonds is 5. The van der Waals surface area contributed by atoms with Crippen molar-refractivity contribution >= 4 is 17.3 Å². The lowest BCUT2D eigenvalue weighted by Gasteiger charge is -2.34. The number of nitrogens with one attached hydrogen (secondary N) is 1. The molecule has 1 amide bonds. The Morgan fingerprint density at radius 3 is 2.35 bits per heavy atom. The molecule has 3 rings (SSSR count). The second-order valence-electron chi connectivity index (χ2n) is 6.80. The van der Waals surface area contributed by atoms with Gasteiger partial charge in [-0.2, -0.15) is 0 Å². The van der Waals surface area contributed by atoms with Gasteiger partial charge in [-0.25, -0.2) is 0 Å². The number of para-hydroxylation sites is 1. The number of pyridine rings is 1. The van der Waals surface area contributed by atoms with Crippen LogP contribution in [0.4, 0.5) is 11.4 Å². The number of anilines is 2. The molecule has 0 aliphatic carbocycles. The molecule has 5 nitrogen and oxygen atoms in total. The third kappa shape index (κ3) is 4.05. The molecule has 0 radical (unpaired) electrons. The van der Waals surface area contributed by atoms with Crippen LogP contribution >= 0.6 is 0 Å². The number of hydrogen-bond donors (Lipinski definition) is 1. The standard InChI is InChI=1S/C21H28N4O/c1-4-16-7-6-8-17(5-2)20(16)23-21(26)19-15-18(9-10-22-19)25-13-11-24(3)12-14-25/h6-10,15H,4-5,11-14H2,1-3H3,(H,23,26). The zero-order valence-electron chi connectivity index (χ0n) is 16.0. The van der Waals surface area contributed by atoms with E-state index in [0.717, 1.165) is 61.5 Å². The molecule has 2 aromatic rings. The van der Waals surface area contributed by atoms with Gasteiger partial charge >= 0.3 is 0 Å². The van der Waals surface area contributed by atoms with Crippen LogP contribution in [-0.4, -0.2) is 49.0 Å². The Hall–Kier alpha value is -2.40. The van der Waals surface area contributed by atoms with Gasteiger partial charge in [0.1, 0.15) is 5.69 Å². The van der Waals surface area contributed by atoms with E-state index in [0.29, 0.717) is 5.69 Å². The molecule has 0 atom stereocenters. The van der Waals surface area contributed by atoms with Crippen LogP contribution < -0.4 is 10.2 Å². The predicted octanol–water partition coefficient (Wildman–Crippen LogP) is 3.21. The summed E-state index contributed by atoms with van der Waals surface area (Å²) in [5, 5.41) is 3.11. The maximum Gasteiger partial charge on any atom is 0.274 e. The van der Waals surface area contributed by atoms with Crippen molar-refractivity contribution in [3.8, 4) is 0 Å². The quantitative estimate of drug-likeness (QED) is 0.898. The van der Waals surface area contributed by atoms with Gasteiger partial charge in [0.2, 0.25) is 0 Å². The first-order valence-corrected chi connectivity index (χ1v) is 9.44. The Morgan fingerprint density at radius 2 is 1.73 bits per heavy atom. The maximum absolute atomic E-state index is 12.8. The zero-order valence-corrected chi connectivity index (χ0v) is 16.0. The highest BCUT2D eigenvalue weighted by molar-refractivity contribution is 6.04. The lowest BCUT2D eigenvalue weighted by atomic mass is 10.0. The Bertz CT molecular complexity index is 744. The topological polar surface area (TPSA) is 48.5 Å². The molecule has 1 N–H and O–H groups in total. The summed E-state index contributed by atoms with van der Waals surface area (Å²) in [4.78, 5) is 21.8. The lowest BCUT2D eigenvalue weighted by Crippen LogP contribution is -2.44. The highest BCUT2D eigenvalue weighted by Gasteiger charge is 2.17. The summed E-state index contributed by atoms with van der Waals surface area (Å²) >= 11 is 0. The maximum atomic E-state index is 12.8. The summed E-state index contributed by atoms with van der Waals surface area (Å²) in [5.41, 5.74) is 4.79. The van der Waals surface area contributed by atoms with Crippen molar-refractivity contribution in [1.82, 2.24) is 9.88 Å². The van der Waals surface area contributed by atoms with Crippen molar-refractivity contribution in [2.75, 3.05) is 43.4 Å². The summed E-state index contributed by atoms with van der Waals surface area (Å²) in [6.45, 7) is 8.23. The van der Waals surface area contributed by atoms with Crippen molar-refractivity contribution < 1.29 is 4.79 Å². The van der Waals surface area contributed by atoms with Crippen LogP contribution in [0.2, 0.25) is 0 Å². The summed E-state index contributed by atoms with van der Waals surface area (Å²) in [6, 6.07) is 10.1. The van der Waals surface area contributed by atoms with Gasteiger partial charge in [-0.1, -0.05) is 32.0 Å². The number of piperazine rings is 1. The number of hydrogen-bond acceptors (Lipinski definition) is 4. The largest absolute Gasteiger partial charge is 0.369 e. The molecule has 1 saturated heterocycles. The van der Waals surface area contributed by atoms with E-state index >= 15 is 0 Å². The number of benzene rings is 1. The molecule has 1 fully saturated rings. The summed E-state index contributed by atoms with van der Waals surface area (Å²) in [5.74, 6) is -0.142. The third-order valence-corrected chi connectivity index (χ3v) is 5.08. The predicted molar refractivity (Wildman–Crippen MR) is 107 cm³/mol. The number of carbonyl (C=O) groups excluding carboxylic acids is 1. The molecule has 0 saturated carbocycles. The molecule has 1 aliphatic rings. The Balaban J connectivity index is 1.80. The molecular formula is C21H28N4O. The SMILES string of the molecule is CCc1cccc(CC)c1NC(=O)c1cc(N2CCN(C)CC2)ccn1. The normalized spacial score (nSPS) is 15.1. The van der Waals surface area contributed by atoms with Crippen LogP contribution in [0.3, 0.4) is 0 Å². The van der Waals surface area contributed by atoms with E-state index in [9.17, 15) is 4.79 Å². The molecule has 0 bridgehead atoms. The van der Waals surface area contributed by atoms with E-state index in [1.54, 1.807) is 6.20 Å². The van der Waals surface area contributed by atoms with Crippen molar-refractivity contribution in [1.29, 1.82) is 0 Å². The van der Waals surface area contributed by atoms with Crippen LogP contribution in [0.5, 0.6) is 0 Å². The van der Waals surface area contributed by atoms with E-state index in [4.69, 9.17) is 0 Å². The van der Waals surface area contributed by atoms with Gasteiger partial charge in [0.25, 0.3) is 5.91 Å². The Kier molecular flexibility index (Phi) is 5.89. The molecule has 1 aromatic carbocycles. The number of aromatic nitrogens is 1. The summed E-state index contributed by atoms with van der Waals surface area (Å²) in [6.07, 6.45) is 3.51. The van der Waals surface area contributed by atoms with E-state index in [-0.39, 0.29) is 5.91 Å². The molecule has 2 heterocycles. The van der Waals surface area contributed by atoms with E-state index in [2.05, 4.69) is 59.2 Å². The van der Waals surface area contributed by atoms with Crippen LogP contribution in [0.15, 0.2) is 36.5 Å². The van der Waals surface area contributed by atoms with Crippen molar-refractivity contribution in [2.45, 2.75) is 26.7 Å². The van der Waals surface area contributed by atoms with Gasteiger partial charge in [0, 0.05) is 43.8 Å². The minimum Gasteiger partial charge on any atom is -0.369 e. The zero-order chi connectivity index (χ0) is 18.5.